The van der Waals surface area contributed by atoms with Gasteiger partial charge in [0.25, 0.3) is 0 Å². The van der Waals surface area contributed by atoms with Gasteiger partial charge in [0, 0.05) is 16.8 Å². The lowest BCUT2D eigenvalue weighted by molar-refractivity contribution is 0.397. The lowest BCUT2D eigenvalue weighted by Gasteiger charge is -2.31. The number of nitrogens with one attached hydrogen (secondary N) is 1. The third-order valence-corrected chi connectivity index (χ3v) is 4.62. The minimum atomic E-state index is 0.575. The van der Waals surface area contributed by atoms with E-state index < -0.39 is 0 Å². The molecule has 0 saturated carbocycles. The fourth-order valence-corrected chi connectivity index (χ4v) is 3.93. The first-order valence-electron chi connectivity index (χ1n) is 6.66. The van der Waals surface area contributed by atoms with Crippen molar-refractivity contribution in [2.45, 2.75) is 51.5 Å². The van der Waals surface area contributed by atoms with Crippen LogP contribution in [0, 0.1) is 0 Å². The van der Waals surface area contributed by atoms with Crippen LogP contribution in [0.5, 0.6) is 0 Å². The molecule has 2 unspecified atom stereocenters. The summed E-state index contributed by atoms with van der Waals surface area (Å²) in [5, 5.41) is 5.91. The van der Waals surface area contributed by atoms with Crippen molar-refractivity contribution in [2.24, 2.45) is 0 Å². The zero-order valence-electron chi connectivity index (χ0n) is 11.0. The lowest BCUT2D eigenvalue weighted by Crippen LogP contribution is -2.36. The number of aryl methyl sites for hydroxylation is 1. The van der Waals surface area contributed by atoms with Crippen LogP contribution in [0.15, 0.2) is 23.6 Å². The molecule has 17 heavy (non-hydrogen) atoms. The van der Waals surface area contributed by atoms with Crippen LogP contribution in [-0.4, -0.2) is 12.6 Å². The third kappa shape index (κ3) is 2.99. The molecule has 2 rings (SSSR count). The van der Waals surface area contributed by atoms with Gasteiger partial charge < -0.3 is 5.32 Å². The summed E-state index contributed by atoms with van der Waals surface area (Å²) in [6.07, 6.45) is 5.06. The van der Waals surface area contributed by atoms with Crippen molar-refractivity contribution in [3.8, 4) is 0 Å². The maximum atomic E-state index is 4.08. The second-order valence-electron chi connectivity index (χ2n) is 5.12. The molecule has 0 aromatic carbocycles. The molecule has 0 radical (unpaired) electrons. The molecule has 2 atom stereocenters. The highest BCUT2D eigenvalue weighted by Crippen LogP contribution is 2.38. The molecular weight excluding hydrogens is 226 g/mol. The van der Waals surface area contributed by atoms with Crippen LogP contribution in [0.2, 0.25) is 0 Å². The summed E-state index contributed by atoms with van der Waals surface area (Å²) >= 11 is 1.93. The molecule has 1 aromatic rings. The van der Waals surface area contributed by atoms with Crippen LogP contribution in [0.25, 0.3) is 0 Å². The van der Waals surface area contributed by atoms with E-state index in [0.717, 1.165) is 13.0 Å². The SMILES string of the molecule is C=C(C)CC(NCC)C1CCCc2sccc21. The molecule has 1 nitrogen and oxygen atoms in total. The van der Waals surface area contributed by atoms with E-state index in [1.54, 1.807) is 10.4 Å². The Kier molecular flexibility index (Phi) is 4.41. The maximum Gasteiger partial charge on any atom is 0.0173 e. The Morgan fingerprint density at radius 1 is 1.65 bits per heavy atom. The highest BCUT2D eigenvalue weighted by molar-refractivity contribution is 7.10. The zero-order chi connectivity index (χ0) is 12.3. The second kappa shape index (κ2) is 5.83. The molecule has 0 fully saturated rings. The molecule has 0 spiro atoms. The van der Waals surface area contributed by atoms with Gasteiger partial charge in [0.1, 0.15) is 0 Å². The summed E-state index contributed by atoms with van der Waals surface area (Å²) in [5.41, 5.74) is 2.90. The first kappa shape index (κ1) is 12.8. The minimum absolute atomic E-state index is 0.575. The average Bonchev–Trinajstić information content (AvgIpc) is 2.75. The average molecular weight is 249 g/mol. The lowest BCUT2D eigenvalue weighted by atomic mass is 9.80. The molecule has 0 amide bonds. The summed E-state index contributed by atoms with van der Waals surface area (Å²) in [6.45, 7) is 9.47. The van der Waals surface area contributed by atoms with E-state index in [1.807, 2.05) is 11.3 Å². The predicted molar refractivity (Wildman–Crippen MR) is 76.9 cm³/mol. The maximum absolute atomic E-state index is 4.08. The topological polar surface area (TPSA) is 12.0 Å². The normalized spacial score (nSPS) is 20.9. The van der Waals surface area contributed by atoms with Crippen LogP contribution in [-0.2, 0) is 6.42 Å². The van der Waals surface area contributed by atoms with Crippen LogP contribution < -0.4 is 5.32 Å². The van der Waals surface area contributed by atoms with E-state index in [-0.39, 0.29) is 0 Å². The summed E-state index contributed by atoms with van der Waals surface area (Å²) < 4.78 is 0. The van der Waals surface area contributed by atoms with Gasteiger partial charge >= 0.3 is 0 Å². The monoisotopic (exact) mass is 249 g/mol. The predicted octanol–water partition coefficient (Wildman–Crippen LogP) is 4.11. The number of thiophene rings is 1. The van der Waals surface area contributed by atoms with Gasteiger partial charge in [-0.05, 0) is 56.2 Å². The van der Waals surface area contributed by atoms with E-state index in [2.05, 4.69) is 37.2 Å². The highest BCUT2D eigenvalue weighted by atomic mass is 32.1. The number of hydrogen-bond acceptors (Lipinski definition) is 2. The van der Waals surface area contributed by atoms with Crippen molar-refractivity contribution in [3.05, 3.63) is 34.0 Å². The van der Waals surface area contributed by atoms with Crippen LogP contribution in [0.3, 0.4) is 0 Å². The Bertz CT molecular complexity index is 380. The van der Waals surface area contributed by atoms with Crippen molar-refractivity contribution in [1.82, 2.24) is 5.32 Å². The fourth-order valence-electron chi connectivity index (χ4n) is 2.93. The smallest absolute Gasteiger partial charge is 0.0173 e. The molecule has 1 aliphatic rings. The Hall–Kier alpha value is -0.600. The van der Waals surface area contributed by atoms with Gasteiger partial charge in [-0.25, -0.2) is 0 Å². The van der Waals surface area contributed by atoms with E-state index in [4.69, 9.17) is 0 Å². The molecule has 2 heteroatoms. The molecule has 1 aromatic heterocycles. The standard InChI is InChI=1S/C15H23NS/c1-4-16-14(10-11(2)3)12-6-5-7-15-13(12)8-9-17-15/h8-9,12,14,16H,2,4-7,10H2,1,3H3. The molecule has 94 valence electrons. The summed E-state index contributed by atoms with van der Waals surface area (Å²) in [4.78, 5) is 1.62. The third-order valence-electron chi connectivity index (χ3n) is 3.62. The van der Waals surface area contributed by atoms with Crippen molar-refractivity contribution in [1.29, 1.82) is 0 Å². The number of hydrogen-bond donors (Lipinski definition) is 1. The van der Waals surface area contributed by atoms with Gasteiger partial charge in [-0.1, -0.05) is 12.5 Å². The Morgan fingerprint density at radius 2 is 2.47 bits per heavy atom. The number of likely N-dealkylation sites (N-methyl/N-ethyl adjacent to an activating group) is 1. The van der Waals surface area contributed by atoms with Gasteiger partial charge in [0.05, 0.1) is 0 Å². The van der Waals surface area contributed by atoms with E-state index in [9.17, 15) is 0 Å². The summed E-state index contributed by atoms with van der Waals surface area (Å²) in [6, 6.07) is 2.92. The van der Waals surface area contributed by atoms with Crippen LogP contribution in [0.1, 0.15) is 49.5 Å². The van der Waals surface area contributed by atoms with E-state index in [1.165, 1.54) is 24.8 Å². The van der Waals surface area contributed by atoms with Crippen LogP contribution >= 0.6 is 11.3 Å². The van der Waals surface area contributed by atoms with Crippen molar-refractivity contribution >= 4 is 11.3 Å². The van der Waals surface area contributed by atoms with E-state index in [0.29, 0.717) is 12.0 Å². The molecule has 0 saturated heterocycles. The molecule has 1 heterocycles. The van der Waals surface area contributed by atoms with Gasteiger partial charge in [0.2, 0.25) is 0 Å². The zero-order valence-corrected chi connectivity index (χ0v) is 11.8. The largest absolute Gasteiger partial charge is 0.313 e. The van der Waals surface area contributed by atoms with Gasteiger partial charge in [-0.2, -0.15) is 0 Å². The van der Waals surface area contributed by atoms with E-state index >= 15 is 0 Å². The molecule has 1 aliphatic carbocycles. The molecule has 1 N–H and O–H groups in total. The summed E-state index contributed by atoms with van der Waals surface area (Å²) in [7, 11) is 0. The Labute approximate surface area is 109 Å². The van der Waals surface area contributed by atoms with Gasteiger partial charge in [-0.3, -0.25) is 0 Å². The second-order valence-corrected chi connectivity index (χ2v) is 6.12. The molecule has 0 aliphatic heterocycles. The van der Waals surface area contributed by atoms with Crippen molar-refractivity contribution in [2.75, 3.05) is 6.54 Å². The van der Waals surface area contributed by atoms with Crippen molar-refractivity contribution < 1.29 is 0 Å². The number of fused-ring (bicyclic) bond motifs is 1. The molecular formula is C15H23NS. The Balaban J connectivity index is 2.17. The van der Waals surface area contributed by atoms with Gasteiger partial charge in [0.15, 0.2) is 0 Å². The first-order valence-corrected chi connectivity index (χ1v) is 7.54. The molecule has 0 bridgehead atoms. The minimum Gasteiger partial charge on any atom is -0.313 e. The number of rotatable bonds is 5. The fraction of sp³-hybridized carbons (Fsp3) is 0.600. The summed E-state index contributed by atoms with van der Waals surface area (Å²) in [5.74, 6) is 0.696. The Morgan fingerprint density at radius 3 is 3.18 bits per heavy atom. The van der Waals surface area contributed by atoms with Gasteiger partial charge in [-0.15, -0.1) is 17.9 Å². The highest BCUT2D eigenvalue weighted by Gasteiger charge is 2.27. The van der Waals surface area contributed by atoms with Crippen LogP contribution in [0.4, 0.5) is 0 Å². The van der Waals surface area contributed by atoms with Crippen molar-refractivity contribution in [3.63, 3.8) is 0 Å². The quantitative estimate of drug-likeness (QED) is 0.774. The first-order chi connectivity index (χ1) is 8.22.